The number of aliphatic hydroxyl groups excluding tert-OH is 1. The summed E-state index contributed by atoms with van der Waals surface area (Å²) < 4.78 is 26.5. The maximum atomic E-state index is 12.7. The molecule has 8 heteroatoms. The van der Waals surface area contributed by atoms with Gasteiger partial charge in [0, 0.05) is 6.42 Å². The van der Waals surface area contributed by atoms with Gasteiger partial charge in [-0.05, 0) is 123 Å². The predicted octanol–water partition coefficient (Wildman–Crippen LogP) is 7.03. The summed E-state index contributed by atoms with van der Waals surface area (Å²) in [6.45, 7) is 11.2. The average molecular weight is 622 g/mol. The van der Waals surface area contributed by atoms with E-state index >= 15 is 0 Å². The summed E-state index contributed by atoms with van der Waals surface area (Å²) in [5.74, 6) is 2.38. The van der Waals surface area contributed by atoms with Gasteiger partial charge in [-0.1, -0.05) is 53.9 Å². The van der Waals surface area contributed by atoms with Crippen LogP contribution in [0.25, 0.3) is 0 Å². The summed E-state index contributed by atoms with van der Waals surface area (Å²) in [5, 5.41) is 11.7. The Bertz CT molecular complexity index is 1020. The van der Waals surface area contributed by atoms with Crippen molar-refractivity contribution < 1.29 is 27.8 Å². The van der Waals surface area contributed by atoms with Gasteiger partial charge in [-0.15, -0.1) is 0 Å². The zero-order chi connectivity index (χ0) is 30.9. The molecule has 5 fully saturated rings. The molecule has 10 unspecified atom stereocenters. The van der Waals surface area contributed by atoms with Crippen molar-refractivity contribution in [3.05, 3.63) is 0 Å². The highest BCUT2D eigenvalue weighted by Crippen LogP contribution is 2.68. The molecule has 0 radical (unpaired) electrons. The van der Waals surface area contributed by atoms with Crippen LogP contribution in [0.3, 0.4) is 0 Å². The lowest BCUT2D eigenvalue weighted by molar-refractivity contribution is -0.184. The first-order valence-electron chi connectivity index (χ1n) is 17.7. The molecule has 0 aliphatic heterocycles. The first kappa shape index (κ1) is 33.4. The van der Waals surface area contributed by atoms with Gasteiger partial charge < -0.3 is 9.84 Å². The Morgan fingerprint density at radius 3 is 2.35 bits per heavy atom. The van der Waals surface area contributed by atoms with Gasteiger partial charge in [0.15, 0.2) is 0 Å². The quantitative estimate of drug-likeness (QED) is 0.254. The van der Waals surface area contributed by atoms with Gasteiger partial charge in [0.2, 0.25) is 5.91 Å². The molecule has 12 atom stereocenters. The molecular weight excluding hydrogens is 562 g/mol. The lowest BCUT2D eigenvalue weighted by atomic mass is 9.43. The number of hydrogen-bond donors (Lipinski definition) is 2. The van der Waals surface area contributed by atoms with Gasteiger partial charge in [0.1, 0.15) is 6.10 Å². The second-order valence-corrected chi connectivity index (χ2v) is 16.7. The molecule has 0 aromatic heterocycles. The highest BCUT2D eigenvalue weighted by Gasteiger charge is 2.63. The maximum absolute atomic E-state index is 12.7. The molecule has 5 saturated carbocycles. The smallest absolute Gasteiger partial charge is 0.308 e. The van der Waals surface area contributed by atoms with Crippen LogP contribution in [-0.4, -0.2) is 39.5 Å². The molecule has 0 saturated heterocycles. The summed E-state index contributed by atoms with van der Waals surface area (Å²) in [7, 11) is 0. The second-order valence-electron chi connectivity index (χ2n) is 15.8. The molecule has 5 aliphatic rings. The number of fused-ring (bicyclic) bond motifs is 5. The fourth-order valence-electron chi connectivity index (χ4n) is 10.7. The molecule has 5 aliphatic carbocycles. The van der Waals surface area contributed by atoms with E-state index in [1.165, 1.54) is 12.8 Å². The van der Waals surface area contributed by atoms with Gasteiger partial charge >= 0.3 is 5.97 Å². The van der Waals surface area contributed by atoms with Crippen molar-refractivity contribution in [2.24, 2.45) is 52.3 Å². The first-order chi connectivity index (χ1) is 20.5. The predicted molar refractivity (Wildman–Crippen MR) is 169 cm³/mol. The number of hydrogen-bond acceptors (Lipinski definition) is 6. The van der Waals surface area contributed by atoms with E-state index in [9.17, 15) is 18.9 Å². The zero-order valence-electron chi connectivity index (χ0n) is 27.5. The van der Waals surface area contributed by atoms with Crippen molar-refractivity contribution in [1.29, 1.82) is 0 Å². The van der Waals surface area contributed by atoms with Crippen LogP contribution in [0, 0.1) is 52.3 Å². The van der Waals surface area contributed by atoms with E-state index < -0.39 is 11.3 Å². The first-order valence-corrected chi connectivity index (χ1v) is 18.8. The highest BCUT2D eigenvalue weighted by molar-refractivity contribution is 7.78. The van der Waals surface area contributed by atoms with Crippen LogP contribution < -0.4 is 4.72 Å². The minimum atomic E-state index is -1.76. The summed E-state index contributed by atoms with van der Waals surface area (Å²) in [4.78, 5) is 25.2. The van der Waals surface area contributed by atoms with Crippen LogP contribution in [0.5, 0.6) is 0 Å². The van der Waals surface area contributed by atoms with Crippen LogP contribution in [0.1, 0.15) is 137 Å². The second kappa shape index (κ2) is 13.8. The van der Waals surface area contributed by atoms with E-state index in [2.05, 4.69) is 25.5 Å². The van der Waals surface area contributed by atoms with E-state index in [4.69, 9.17) is 8.92 Å². The lowest BCUT2D eigenvalue weighted by Crippen LogP contribution is -2.58. The molecule has 43 heavy (non-hydrogen) atoms. The molecule has 0 heterocycles. The molecule has 246 valence electrons. The number of esters is 1. The van der Waals surface area contributed by atoms with Crippen LogP contribution in [0.4, 0.5) is 0 Å². The number of carbonyl (C=O) groups excluding carboxylic acids is 2. The van der Waals surface area contributed by atoms with Crippen LogP contribution in [0.2, 0.25) is 0 Å². The molecule has 1 amide bonds. The number of carbonyl (C=O) groups is 2. The van der Waals surface area contributed by atoms with Crippen LogP contribution in [-0.2, 0) is 29.8 Å². The summed E-state index contributed by atoms with van der Waals surface area (Å²) >= 11 is -1.76. The molecule has 5 rings (SSSR count). The SMILES string of the molecule is CCC(C)C(=O)OC1CC[C@@]2(C)C(C1)CC(O)C1C3CCC(C(C)CCC(=O)NS(=O)OC4CCCCC4)[C@@]3(C)CCC12. The van der Waals surface area contributed by atoms with Crippen LogP contribution in [0.15, 0.2) is 0 Å². The average Bonchev–Trinajstić information content (AvgIpc) is 3.33. The van der Waals surface area contributed by atoms with Crippen molar-refractivity contribution >= 4 is 23.1 Å². The Balaban J connectivity index is 1.16. The fourth-order valence-corrected chi connectivity index (χ4v) is 11.5. The van der Waals surface area contributed by atoms with Gasteiger partial charge in [0.25, 0.3) is 11.3 Å². The van der Waals surface area contributed by atoms with Crippen molar-refractivity contribution in [1.82, 2.24) is 4.72 Å². The van der Waals surface area contributed by atoms with E-state index in [-0.39, 0.29) is 46.9 Å². The maximum Gasteiger partial charge on any atom is 0.308 e. The summed E-state index contributed by atoms with van der Waals surface area (Å²) in [6, 6.07) is 0. The number of nitrogens with one attached hydrogen (secondary N) is 1. The van der Waals surface area contributed by atoms with Crippen molar-refractivity contribution in [2.75, 3.05) is 0 Å². The van der Waals surface area contributed by atoms with E-state index in [1.54, 1.807) is 0 Å². The van der Waals surface area contributed by atoms with E-state index in [0.717, 1.165) is 83.5 Å². The third-order valence-corrected chi connectivity index (χ3v) is 14.3. The normalized spacial score (nSPS) is 41.7. The standard InChI is InChI=1S/C35H59NO6S/c1-6-22(2)33(39)41-26-16-18-34(4)24(20-26)21-30(37)32-28-14-13-27(35(28,5)19-17-29(32)34)23(3)12-15-31(38)36-43(40)42-25-10-8-7-9-11-25/h22-30,32,37H,6-21H2,1-5H3,(H,36,38)/t22?,23?,24?,26?,27?,28?,29?,30?,32?,34-,35+,43?/m0/s1. The molecule has 0 spiro atoms. The molecule has 0 aromatic rings. The Morgan fingerprint density at radius 2 is 1.63 bits per heavy atom. The van der Waals surface area contributed by atoms with Gasteiger partial charge in [-0.3, -0.25) is 18.5 Å². The van der Waals surface area contributed by atoms with E-state index in [0.29, 0.717) is 41.9 Å². The Hall–Kier alpha value is -0.990. The van der Waals surface area contributed by atoms with Gasteiger partial charge in [-0.25, -0.2) is 4.21 Å². The number of rotatable bonds is 10. The zero-order valence-corrected chi connectivity index (χ0v) is 28.3. The van der Waals surface area contributed by atoms with Crippen LogP contribution >= 0.6 is 0 Å². The minimum Gasteiger partial charge on any atom is -0.462 e. The highest BCUT2D eigenvalue weighted by atomic mass is 32.2. The fraction of sp³-hybridized carbons (Fsp3) is 0.943. The number of amides is 1. The third-order valence-electron chi connectivity index (χ3n) is 13.5. The van der Waals surface area contributed by atoms with Crippen molar-refractivity contribution in [3.63, 3.8) is 0 Å². The van der Waals surface area contributed by atoms with Crippen molar-refractivity contribution in [2.45, 2.75) is 156 Å². The molecule has 0 aromatic carbocycles. The van der Waals surface area contributed by atoms with Crippen molar-refractivity contribution in [3.8, 4) is 0 Å². The monoisotopic (exact) mass is 621 g/mol. The lowest BCUT2D eigenvalue weighted by Gasteiger charge is -2.62. The van der Waals surface area contributed by atoms with E-state index in [1.807, 2.05) is 13.8 Å². The summed E-state index contributed by atoms with van der Waals surface area (Å²) in [6.07, 6.45) is 15.3. The third kappa shape index (κ3) is 6.91. The molecule has 7 nitrogen and oxygen atoms in total. The number of ether oxygens (including phenoxy) is 1. The van der Waals surface area contributed by atoms with Gasteiger partial charge in [0.05, 0.1) is 18.1 Å². The minimum absolute atomic E-state index is 0.00540. The Morgan fingerprint density at radius 1 is 0.930 bits per heavy atom. The number of aliphatic hydroxyl groups is 1. The molecular formula is C35H59NO6S. The topological polar surface area (TPSA) is 102 Å². The largest absolute Gasteiger partial charge is 0.462 e. The molecule has 0 bridgehead atoms. The summed E-state index contributed by atoms with van der Waals surface area (Å²) in [5.41, 5.74) is 0.374. The Kier molecular flexibility index (Phi) is 10.7. The molecule has 2 N–H and O–H groups in total. The van der Waals surface area contributed by atoms with Gasteiger partial charge in [-0.2, -0.15) is 0 Å². The Labute approximate surface area is 263 Å².